The Hall–Kier alpha value is -2.95. The van der Waals surface area contributed by atoms with Crippen molar-refractivity contribution < 1.29 is 9.53 Å². The number of para-hydroxylation sites is 2. The molecule has 1 aliphatic heterocycles. The third-order valence-electron chi connectivity index (χ3n) is 4.68. The fourth-order valence-corrected chi connectivity index (χ4v) is 3.25. The van der Waals surface area contributed by atoms with Gasteiger partial charge in [0.2, 0.25) is 0 Å². The largest absolute Gasteiger partial charge is 0.481 e. The SMILES string of the molecule is C[C@H](Oc1ccc(-c2cnc3ccccc3n2)cc1)C(=O)N1CCCC1. The van der Waals surface area contributed by atoms with E-state index in [1.165, 1.54) is 0 Å². The van der Waals surface area contributed by atoms with Crippen LogP contribution in [-0.4, -0.2) is 40.0 Å². The van der Waals surface area contributed by atoms with Crippen LogP contribution in [0.15, 0.2) is 54.7 Å². The number of carbonyl (C=O) groups is 1. The molecule has 0 saturated carbocycles. The predicted octanol–water partition coefficient (Wildman–Crippen LogP) is 3.69. The molecule has 1 amide bonds. The van der Waals surface area contributed by atoms with Crippen LogP contribution in [0.1, 0.15) is 19.8 Å². The van der Waals surface area contributed by atoms with Gasteiger partial charge < -0.3 is 9.64 Å². The standard InChI is InChI=1S/C21H21N3O2/c1-15(21(25)24-12-4-5-13-24)26-17-10-8-16(9-11-17)20-14-22-18-6-2-3-7-19(18)23-20/h2-3,6-11,14-15H,4-5,12-13H2,1H3/t15-/m0/s1. The Morgan fingerprint density at radius 2 is 1.73 bits per heavy atom. The molecule has 1 aromatic heterocycles. The Labute approximate surface area is 152 Å². The van der Waals surface area contributed by atoms with Gasteiger partial charge in [0, 0.05) is 18.7 Å². The number of carbonyl (C=O) groups excluding carboxylic acids is 1. The molecule has 26 heavy (non-hydrogen) atoms. The minimum Gasteiger partial charge on any atom is -0.481 e. The molecule has 1 atom stereocenters. The average Bonchev–Trinajstić information content (AvgIpc) is 3.22. The first kappa shape index (κ1) is 16.5. The zero-order valence-electron chi connectivity index (χ0n) is 14.8. The molecule has 0 radical (unpaired) electrons. The fraction of sp³-hybridized carbons (Fsp3) is 0.286. The van der Waals surface area contributed by atoms with E-state index in [0.717, 1.165) is 48.2 Å². The highest BCUT2D eigenvalue weighted by Gasteiger charge is 2.24. The second-order valence-corrected chi connectivity index (χ2v) is 6.56. The van der Waals surface area contributed by atoms with Gasteiger partial charge in [0.25, 0.3) is 5.91 Å². The summed E-state index contributed by atoms with van der Waals surface area (Å²) in [4.78, 5) is 23.3. The van der Waals surface area contributed by atoms with Gasteiger partial charge in [0.1, 0.15) is 5.75 Å². The normalized spacial score (nSPS) is 15.2. The second-order valence-electron chi connectivity index (χ2n) is 6.56. The smallest absolute Gasteiger partial charge is 0.263 e. The van der Waals surface area contributed by atoms with Crippen LogP contribution in [0.5, 0.6) is 5.75 Å². The van der Waals surface area contributed by atoms with Crippen molar-refractivity contribution in [2.75, 3.05) is 13.1 Å². The van der Waals surface area contributed by atoms with Gasteiger partial charge in [0.15, 0.2) is 6.10 Å². The maximum absolute atomic E-state index is 12.3. The number of rotatable bonds is 4. The molecule has 132 valence electrons. The Kier molecular flexibility index (Phi) is 4.52. The lowest BCUT2D eigenvalue weighted by atomic mass is 10.1. The quantitative estimate of drug-likeness (QED) is 0.722. The van der Waals surface area contributed by atoms with Crippen molar-refractivity contribution in [1.29, 1.82) is 0 Å². The van der Waals surface area contributed by atoms with E-state index in [9.17, 15) is 4.79 Å². The van der Waals surface area contributed by atoms with Crippen LogP contribution < -0.4 is 4.74 Å². The maximum Gasteiger partial charge on any atom is 0.263 e. The van der Waals surface area contributed by atoms with E-state index in [2.05, 4.69) is 9.97 Å². The number of likely N-dealkylation sites (tertiary alicyclic amines) is 1. The number of fused-ring (bicyclic) bond motifs is 1. The molecule has 1 aliphatic rings. The molecule has 0 spiro atoms. The summed E-state index contributed by atoms with van der Waals surface area (Å²) in [5, 5.41) is 0. The number of amides is 1. The van der Waals surface area contributed by atoms with Gasteiger partial charge in [-0.2, -0.15) is 0 Å². The van der Waals surface area contributed by atoms with Gasteiger partial charge in [-0.15, -0.1) is 0 Å². The second kappa shape index (κ2) is 7.12. The highest BCUT2D eigenvalue weighted by atomic mass is 16.5. The molecule has 5 heteroatoms. The summed E-state index contributed by atoms with van der Waals surface area (Å²) in [6.07, 6.45) is 3.47. The van der Waals surface area contributed by atoms with E-state index in [4.69, 9.17) is 4.74 Å². The molecular formula is C21H21N3O2. The zero-order valence-corrected chi connectivity index (χ0v) is 14.8. The van der Waals surface area contributed by atoms with E-state index < -0.39 is 6.10 Å². The van der Waals surface area contributed by atoms with Crippen molar-refractivity contribution in [1.82, 2.24) is 14.9 Å². The van der Waals surface area contributed by atoms with Gasteiger partial charge in [-0.05, 0) is 56.2 Å². The summed E-state index contributed by atoms with van der Waals surface area (Å²) in [6, 6.07) is 15.4. The average molecular weight is 347 g/mol. The van der Waals surface area contributed by atoms with E-state index in [0.29, 0.717) is 5.75 Å². The van der Waals surface area contributed by atoms with Gasteiger partial charge in [-0.3, -0.25) is 9.78 Å². The van der Waals surface area contributed by atoms with Crippen LogP contribution in [0.2, 0.25) is 0 Å². The number of hydrogen-bond donors (Lipinski definition) is 0. The maximum atomic E-state index is 12.3. The topological polar surface area (TPSA) is 55.3 Å². The molecule has 4 rings (SSSR count). The fourth-order valence-electron chi connectivity index (χ4n) is 3.25. The van der Waals surface area contributed by atoms with Crippen molar-refractivity contribution in [3.63, 3.8) is 0 Å². The van der Waals surface area contributed by atoms with Crippen molar-refractivity contribution in [2.24, 2.45) is 0 Å². The molecule has 0 aliphatic carbocycles. The predicted molar refractivity (Wildman–Crippen MR) is 101 cm³/mol. The van der Waals surface area contributed by atoms with Gasteiger partial charge in [-0.1, -0.05) is 12.1 Å². The number of hydrogen-bond acceptors (Lipinski definition) is 4. The molecule has 1 fully saturated rings. The molecular weight excluding hydrogens is 326 g/mol. The van der Waals surface area contributed by atoms with E-state index >= 15 is 0 Å². The molecule has 0 N–H and O–H groups in total. The molecule has 0 bridgehead atoms. The Bertz CT molecular complexity index is 918. The minimum absolute atomic E-state index is 0.0620. The molecule has 2 heterocycles. The lowest BCUT2D eigenvalue weighted by Crippen LogP contribution is -2.38. The first-order valence-electron chi connectivity index (χ1n) is 8.98. The first-order chi connectivity index (χ1) is 12.7. The lowest BCUT2D eigenvalue weighted by molar-refractivity contribution is -0.136. The minimum atomic E-state index is -0.473. The van der Waals surface area contributed by atoms with E-state index in [-0.39, 0.29) is 5.91 Å². The summed E-state index contributed by atoms with van der Waals surface area (Å²) in [5.74, 6) is 0.745. The van der Waals surface area contributed by atoms with Gasteiger partial charge >= 0.3 is 0 Å². The summed E-state index contributed by atoms with van der Waals surface area (Å²) in [6.45, 7) is 3.49. The Morgan fingerprint density at radius 3 is 2.46 bits per heavy atom. The van der Waals surface area contributed by atoms with Crippen LogP contribution in [-0.2, 0) is 4.79 Å². The third-order valence-corrected chi connectivity index (χ3v) is 4.68. The molecule has 3 aromatic rings. The number of benzene rings is 2. The molecule has 1 saturated heterocycles. The summed E-state index contributed by atoms with van der Waals surface area (Å²) >= 11 is 0. The van der Waals surface area contributed by atoms with Gasteiger partial charge in [-0.25, -0.2) is 4.98 Å². The van der Waals surface area contributed by atoms with Crippen LogP contribution in [0, 0.1) is 0 Å². The Morgan fingerprint density at radius 1 is 1.04 bits per heavy atom. The van der Waals surface area contributed by atoms with E-state index in [1.54, 1.807) is 6.20 Å². The lowest BCUT2D eigenvalue weighted by Gasteiger charge is -2.21. The summed E-state index contributed by atoms with van der Waals surface area (Å²) in [7, 11) is 0. The number of aromatic nitrogens is 2. The Balaban J connectivity index is 1.48. The summed E-state index contributed by atoms with van der Waals surface area (Å²) in [5.41, 5.74) is 3.53. The van der Waals surface area contributed by atoms with Gasteiger partial charge in [0.05, 0.1) is 22.9 Å². The highest BCUT2D eigenvalue weighted by molar-refractivity contribution is 5.81. The van der Waals surface area contributed by atoms with Crippen molar-refractivity contribution in [3.8, 4) is 17.0 Å². The van der Waals surface area contributed by atoms with Crippen LogP contribution in [0.4, 0.5) is 0 Å². The number of ether oxygens (including phenoxy) is 1. The number of nitrogens with zero attached hydrogens (tertiary/aromatic N) is 3. The highest BCUT2D eigenvalue weighted by Crippen LogP contribution is 2.23. The van der Waals surface area contributed by atoms with Crippen molar-refractivity contribution in [2.45, 2.75) is 25.9 Å². The molecule has 5 nitrogen and oxygen atoms in total. The summed E-state index contributed by atoms with van der Waals surface area (Å²) < 4.78 is 5.82. The van der Waals surface area contributed by atoms with Crippen LogP contribution >= 0.6 is 0 Å². The molecule has 0 unspecified atom stereocenters. The zero-order chi connectivity index (χ0) is 17.9. The third kappa shape index (κ3) is 3.38. The van der Waals surface area contributed by atoms with Crippen LogP contribution in [0.25, 0.3) is 22.3 Å². The van der Waals surface area contributed by atoms with E-state index in [1.807, 2.05) is 60.4 Å². The van der Waals surface area contributed by atoms with Crippen LogP contribution in [0.3, 0.4) is 0 Å². The van der Waals surface area contributed by atoms with Crippen molar-refractivity contribution >= 4 is 16.9 Å². The van der Waals surface area contributed by atoms with Crippen molar-refractivity contribution in [3.05, 3.63) is 54.7 Å². The monoisotopic (exact) mass is 347 g/mol. The molecule has 2 aromatic carbocycles. The first-order valence-corrected chi connectivity index (χ1v) is 8.98.